The standard InChI is InChI=1S/C12H14O5/c1-3-4-7(14)11-9(16)5-8(15)10(6(2)13)12(11)17/h5,15-17H,3-4H2,1-2H3. The zero-order chi connectivity index (χ0) is 13.2. The van der Waals surface area contributed by atoms with Crippen LogP contribution in [-0.4, -0.2) is 26.9 Å². The number of hydrogen-bond acceptors (Lipinski definition) is 5. The number of hydrogen-bond donors (Lipinski definition) is 3. The Morgan fingerprint density at radius 1 is 1.12 bits per heavy atom. The van der Waals surface area contributed by atoms with Gasteiger partial charge in [0.25, 0.3) is 0 Å². The highest BCUT2D eigenvalue weighted by Gasteiger charge is 2.24. The van der Waals surface area contributed by atoms with Crippen LogP contribution in [0.1, 0.15) is 47.4 Å². The van der Waals surface area contributed by atoms with Crippen molar-refractivity contribution in [1.29, 1.82) is 0 Å². The smallest absolute Gasteiger partial charge is 0.170 e. The average molecular weight is 238 g/mol. The molecule has 17 heavy (non-hydrogen) atoms. The maximum Gasteiger partial charge on any atom is 0.170 e. The second kappa shape index (κ2) is 4.86. The van der Waals surface area contributed by atoms with Gasteiger partial charge in [-0.05, 0) is 13.3 Å². The molecule has 0 spiro atoms. The third-order valence-electron chi connectivity index (χ3n) is 2.37. The number of rotatable bonds is 4. The van der Waals surface area contributed by atoms with Crippen molar-refractivity contribution in [2.75, 3.05) is 0 Å². The van der Waals surface area contributed by atoms with E-state index in [1.165, 1.54) is 0 Å². The maximum atomic E-state index is 11.7. The summed E-state index contributed by atoms with van der Waals surface area (Å²) in [6.45, 7) is 2.93. The topological polar surface area (TPSA) is 94.8 Å². The SMILES string of the molecule is CCCC(=O)c1c(O)cc(O)c(C(C)=O)c1O. The Morgan fingerprint density at radius 3 is 2.12 bits per heavy atom. The monoisotopic (exact) mass is 238 g/mol. The van der Waals surface area contributed by atoms with Gasteiger partial charge in [0.1, 0.15) is 28.4 Å². The maximum absolute atomic E-state index is 11.7. The van der Waals surface area contributed by atoms with E-state index in [-0.39, 0.29) is 17.5 Å². The van der Waals surface area contributed by atoms with Crippen LogP contribution in [0.2, 0.25) is 0 Å². The molecule has 0 heterocycles. The van der Waals surface area contributed by atoms with E-state index in [0.717, 1.165) is 13.0 Å². The van der Waals surface area contributed by atoms with E-state index < -0.39 is 28.8 Å². The lowest BCUT2D eigenvalue weighted by atomic mass is 9.98. The number of ketones is 2. The summed E-state index contributed by atoms with van der Waals surface area (Å²) in [4.78, 5) is 22.9. The molecule has 0 saturated heterocycles. The molecule has 5 nitrogen and oxygen atoms in total. The molecule has 5 heteroatoms. The van der Waals surface area contributed by atoms with Crippen LogP contribution in [0.3, 0.4) is 0 Å². The summed E-state index contributed by atoms with van der Waals surface area (Å²) in [5, 5.41) is 28.7. The summed E-state index contributed by atoms with van der Waals surface area (Å²) >= 11 is 0. The number of benzene rings is 1. The first kappa shape index (κ1) is 13.0. The second-order valence-electron chi connectivity index (χ2n) is 3.74. The van der Waals surface area contributed by atoms with Crippen molar-refractivity contribution in [3.63, 3.8) is 0 Å². The number of aromatic hydroxyl groups is 3. The van der Waals surface area contributed by atoms with E-state index in [1.54, 1.807) is 6.92 Å². The molecular formula is C12H14O5. The van der Waals surface area contributed by atoms with Gasteiger partial charge < -0.3 is 15.3 Å². The summed E-state index contributed by atoms with van der Waals surface area (Å²) in [7, 11) is 0. The van der Waals surface area contributed by atoms with Crippen molar-refractivity contribution in [2.24, 2.45) is 0 Å². The van der Waals surface area contributed by atoms with Crippen molar-refractivity contribution >= 4 is 11.6 Å². The molecule has 0 atom stereocenters. The van der Waals surface area contributed by atoms with Crippen molar-refractivity contribution in [2.45, 2.75) is 26.7 Å². The molecule has 3 N–H and O–H groups in total. The lowest BCUT2D eigenvalue weighted by Gasteiger charge is -2.10. The van der Waals surface area contributed by atoms with Gasteiger partial charge in [-0.2, -0.15) is 0 Å². The summed E-state index contributed by atoms with van der Waals surface area (Å²) in [5.41, 5.74) is -0.655. The summed E-state index contributed by atoms with van der Waals surface area (Å²) in [6.07, 6.45) is 0.692. The minimum Gasteiger partial charge on any atom is -0.507 e. The minimum absolute atomic E-state index is 0.142. The van der Waals surface area contributed by atoms with Crippen LogP contribution in [0.4, 0.5) is 0 Å². The van der Waals surface area contributed by atoms with Gasteiger partial charge in [-0.3, -0.25) is 9.59 Å². The van der Waals surface area contributed by atoms with Crippen molar-refractivity contribution in [3.8, 4) is 17.2 Å². The van der Waals surface area contributed by atoms with Gasteiger partial charge in [0.05, 0.1) is 0 Å². The third-order valence-corrected chi connectivity index (χ3v) is 2.37. The van der Waals surface area contributed by atoms with Gasteiger partial charge in [-0.25, -0.2) is 0 Å². The molecule has 1 rings (SSSR count). The summed E-state index contributed by atoms with van der Waals surface area (Å²) in [5.74, 6) is -2.77. The number of carbonyl (C=O) groups excluding carboxylic acids is 2. The fourth-order valence-electron chi connectivity index (χ4n) is 1.62. The Kier molecular flexibility index (Phi) is 3.73. The normalized spacial score (nSPS) is 10.2. The quantitative estimate of drug-likeness (QED) is 0.697. The highest BCUT2D eigenvalue weighted by Crippen LogP contribution is 2.38. The highest BCUT2D eigenvalue weighted by atomic mass is 16.3. The van der Waals surface area contributed by atoms with Gasteiger partial charge in [0.2, 0.25) is 0 Å². The number of phenols is 3. The first-order valence-electron chi connectivity index (χ1n) is 5.22. The lowest BCUT2D eigenvalue weighted by Crippen LogP contribution is -2.04. The van der Waals surface area contributed by atoms with E-state index >= 15 is 0 Å². The summed E-state index contributed by atoms with van der Waals surface area (Å²) < 4.78 is 0. The fourth-order valence-corrected chi connectivity index (χ4v) is 1.62. The molecular weight excluding hydrogens is 224 g/mol. The molecule has 1 aromatic carbocycles. The van der Waals surface area contributed by atoms with Gasteiger partial charge in [-0.1, -0.05) is 6.92 Å². The van der Waals surface area contributed by atoms with E-state index in [9.17, 15) is 24.9 Å². The van der Waals surface area contributed by atoms with Crippen LogP contribution in [0.25, 0.3) is 0 Å². The van der Waals surface area contributed by atoms with Crippen molar-refractivity contribution in [3.05, 3.63) is 17.2 Å². The largest absolute Gasteiger partial charge is 0.507 e. The van der Waals surface area contributed by atoms with Crippen LogP contribution in [-0.2, 0) is 0 Å². The Balaban J connectivity index is 3.46. The van der Waals surface area contributed by atoms with Crippen LogP contribution < -0.4 is 0 Å². The Bertz CT molecular complexity index is 476. The van der Waals surface area contributed by atoms with Gasteiger partial charge in [0.15, 0.2) is 11.6 Å². The molecule has 0 aliphatic rings. The summed E-state index contributed by atoms with van der Waals surface area (Å²) in [6, 6.07) is 0.888. The van der Waals surface area contributed by atoms with E-state index in [0.29, 0.717) is 6.42 Å². The van der Waals surface area contributed by atoms with Crippen molar-refractivity contribution in [1.82, 2.24) is 0 Å². The minimum atomic E-state index is -0.659. The predicted octanol–water partition coefficient (Wildman–Crippen LogP) is 1.99. The molecule has 1 aromatic rings. The van der Waals surface area contributed by atoms with Crippen LogP contribution in [0.5, 0.6) is 17.2 Å². The Hall–Kier alpha value is -2.04. The average Bonchev–Trinajstić information content (AvgIpc) is 2.15. The first-order chi connectivity index (χ1) is 7.90. The van der Waals surface area contributed by atoms with E-state index in [4.69, 9.17) is 0 Å². The molecule has 0 amide bonds. The third kappa shape index (κ3) is 2.38. The number of carbonyl (C=O) groups is 2. The molecule has 0 unspecified atom stereocenters. The predicted molar refractivity (Wildman–Crippen MR) is 60.7 cm³/mol. The zero-order valence-corrected chi connectivity index (χ0v) is 9.65. The van der Waals surface area contributed by atoms with Gasteiger partial charge in [-0.15, -0.1) is 0 Å². The van der Waals surface area contributed by atoms with Crippen LogP contribution in [0, 0.1) is 0 Å². The second-order valence-corrected chi connectivity index (χ2v) is 3.74. The van der Waals surface area contributed by atoms with Gasteiger partial charge >= 0.3 is 0 Å². The first-order valence-corrected chi connectivity index (χ1v) is 5.22. The molecule has 0 saturated carbocycles. The zero-order valence-electron chi connectivity index (χ0n) is 9.65. The van der Waals surface area contributed by atoms with E-state index in [2.05, 4.69) is 0 Å². The molecule has 92 valence electrons. The van der Waals surface area contributed by atoms with E-state index in [1.807, 2.05) is 0 Å². The van der Waals surface area contributed by atoms with Crippen LogP contribution in [0.15, 0.2) is 6.07 Å². The molecule has 0 fully saturated rings. The van der Waals surface area contributed by atoms with Gasteiger partial charge in [0, 0.05) is 12.5 Å². The molecule has 0 aliphatic carbocycles. The fraction of sp³-hybridized carbons (Fsp3) is 0.333. The molecule has 0 aromatic heterocycles. The Morgan fingerprint density at radius 2 is 1.65 bits per heavy atom. The molecule has 0 bridgehead atoms. The lowest BCUT2D eigenvalue weighted by molar-refractivity contribution is 0.0976. The Labute approximate surface area is 98.3 Å². The van der Waals surface area contributed by atoms with Crippen molar-refractivity contribution < 1.29 is 24.9 Å². The number of phenolic OH excluding ortho intramolecular Hbond substituents is 3. The molecule has 0 radical (unpaired) electrons. The van der Waals surface area contributed by atoms with Crippen LogP contribution >= 0.6 is 0 Å². The number of Topliss-reactive ketones (excluding diaryl/α,β-unsaturated/α-hetero) is 2. The molecule has 0 aliphatic heterocycles. The highest BCUT2D eigenvalue weighted by molar-refractivity contribution is 6.08.